The summed E-state index contributed by atoms with van der Waals surface area (Å²) in [5, 5.41) is 9.00. The molecule has 24 heavy (non-hydrogen) atoms. The molecular formula is C14H16N6O4. The molecule has 1 atom stereocenters. The lowest BCUT2D eigenvalue weighted by atomic mass is 10.1. The molecule has 1 aliphatic rings. The third-order valence-corrected chi connectivity index (χ3v) is 3.60. The number of nitrogens with one attached hydrogen (secondary N) is 3. The summed E-state index contributed by atoms with van der Waals surface area (Å²) in [6.45, 7) is 2.20. The van der Waals surface area contributed by atoms with E-state index in [1.807, 2.05) is 0 Å². The van der Waals surface area contributed by atoms with Gasteiger partial charge in [-0.25, -0.2) is 9.78 Å². The van der Waals surface area contributed by atoms with Gasteiger partial charge in [-0.15, -0.1) is 0 Å². The van der Waals surface area contributed by atoms with Gasteiger partial charge in [-0.05, 0) is 6.92 Å². The molecule has 0 unspecified atom stereocenters. The number of ether oxygens (including phenoxy) is 1. The largest absolute Gasteiger partial charge is 0.461 e. The summed E-state index contributed by atoms with van der Waals surface area (Å²) in [5.41, 5.74) is 0.771. The lowest BCUT2D eigenvalue weighted by Gasteiger charge is -2.13. The second kappa shape index (κ2) is 6.52. The minimum Gasteiger partial charge on any atom is -0.461 e. The van der Waals surface area contributed by atoms with Crippen LogP contribution in [0.1, 0.15) is 23.8 Å². The zero-order valence-corrected chi connectivity index (χ0v) is 12.9. The number of carbonyl (C=O) groups is 3. The lowest BCUT2D eigenvalue weighted by Crippen LogP contribution is -2.28. The summed E-state index contributed by atoms with van der Waals surface area (Å²) in [6.07, 6.45) is 4.50. The van der Waals surface area contributed by atoms with Crippen LogP contribution in [0.3, 0.4) is 0 Å². The van der Waals surface area contributed by atoms with E-state index >= 15 is 0 Å². The van der Waals surface area contributed by atoms with Crippen LogP contribution in [0, 0.1) is 5.92 Å². The summed E-state index contributed by atoms with van der Waals surface area (Å²) in [6, 6.07) is 0. The van der Waals surface area contributed by atoms with Crippen LogP contribution in [0.4, 0.5) is 11.6 Å². The van der Waals surface area contributed by atoms with E-state index in [1.165, 1.54) is 17.3 Å². The van der Waals surface area contributed by atoms with Gasteiger partial charge in [-0.2, -0.15) is 5.10 Å². The Morgan fingerprint density at radius 3 is 3.00 bits per heavy atom. The van der Waals surface area contributed by atoms with E-state index in [4.69, 9.17) is 4.74 Å². The predicted molar refractivity (Wildman–Crippen MR) is 82.2 cm³/mol. The number of anilines is 2. The highest BCUT2D eigenvalue weighted by Crippen LogP contribution is 2.24. The molecule has 0 aromatic carbocycles. The van der Waals surface area contributed by atoms with Gasteiger partial charge in [0.1, 0.15) is 5.69 Å². The number of aromatic nitrogens is 4. The van der Waals surface area contributed by atoms with Gasteiger partial charge in [-0.3, -0.25) is 20.0 Å². The Bertz CT molecular complexity index is 753. The van der Waals surface area contributed by atoms with Gasteiger partial charge in [0.05, 0.1) is 30.6 Å². The van der Waals surface area contributed by atoms with Crippen LogP contribution in [-0.2, 0) is 14.3 Å². The highest BCUT2D eigenvalue weighted by molar-refractivity contribution is 6.03. The Morgan fingerprint density at radius 2 is 2.29 bits per heavy atom. The zero-order chi connectivity index (χ0) is 17.1. The predicted octanol–water partition coefficient (Wildman–Crippen LogP) is 0.301. The molecule has 2 aromatic rings. The first-order chi connectivity index (χ1) is 11.6. The standard InChI is InChI=1S/C14H16N6O4/c1-2-24-13(23)10-6-15-14(18-10)19-12(22)8-3-11(21)20(7-8)9-4-16-17-5-9/h4-6,8H,2-3,7H2,1H3,(H,16,17)(H2,15,18,19,22)/t8-/m0/s1. The average Bonchev–Trinajstić information content (AvgIpc) is 3.27. The minimum absolute atomic E-state index is 0.0997. The number of rotatable bonds is 5. The van der Waals surface area contributed by atoms with E-state index in [0.29, 0.717) is 5.69 Å². The van der Waals surface area contributed by atoms with Crippen LogP contribution >= 0.6 is 0 Å². The fourth-order valence-corrected chi connectivity index (χ4v) is 2.44. The molecule has 3 heterocycles. The molecular weight excluding hydrogens is 316 g/mol. The van der Waals surface area contributed by atoms with E-state index in [0.717, 1.165) is 0 Å². The van der Waals surface area contributed by atoms with Crippen molar-refractivity contribution >= 4 is 29.4 Å². The van der Waals surface area contributed by atoms with E-state index < -0.39 is 11.9 Å². The normalized spacial score (nSPS) is 17.1. The number of aromatic amines is 2. The second-order valence-corrected chi connectivity index (χ2v) is 5.22. The third kappa shape index (κ3) is 3.12. The summed E-state index contributed by atoms with van der Waals surface area (Å²) in [5.74, 6) is -1.42. The number of hydrogen-bond acceptors (Lipinski definition) is 6. The molecule has 0 aliphatic carbocycles. The topological polar surface area (TPSA) is 133 Å². The molecule has 2 aromatic heterocycles. The first-order valence-corrected chi connectivity index (χ1v) is 7.40. The van der Waals surface area contributed by atoms with Gasteiger partial charge in [-0.1, -0.05) is 0 Å². The molecule has 0 radical (unpaired) electrons. The second-order valence-electron chi connectivity index (χ2n) is 5.22. The van der Waals surface area contributed by atoms with Gasteiger partial charge in [0, 0.05) is 19.2 Å². The zero-order valence-electron chi connectivity index (χ0n) is 12.9. The van der Waals surface area contributed by atoms with Crippen LogP contribution in [0.15, 0.2) is 18.6 Å². The number of carbonyl (C=O) groups excluding carboxylic acids is 3. The van der Waals surface area contributed by atoms with E-state index in [2.05, 4.69) is 25.5 Å². The summed E-state index contributed by atoms with van der Waals surface area (Å²) in [7, 11) is 0. The highest BCUT2D eigenvalue weighted by atomic mass is 16.5. The number of imidazole rings is 1. The third-order valence-electron chi connectivity index (χ3n) is 3.60. The van der Waals surface area contributed by atoms with Crippen LogP contribution in [-0.4, -0.2) is 51.1 Å². The van der Waals surface area contributed by atoms with Gasteiger partial charge >= 0.3 is 5.97 Å². The molecule has 0 saturated carbocycles. The van der Waals surface area contributed by atoms with Crippen molar-refractivity contribution < 1.29 is 19.1 Å². The van der Waals surface area contributed by atoms with Crippen molar-refractivity contribution in [1.29, 1.82) is 0 Å². The van der Waals surface area contributed by atoms with Gasteiger partial charge < -0.3 is 14.6 Å². The quantitative estimate of drug-likeness (QED) is 0.674. The van der Waals surface area contributed by atoms with Crippen molar-refractivity contribution in [3.63, 3.8) is 0 Å². The van der Waals surface area contributed by atoms with Gasteiger partial charge in [0.15, 0.2) is 0 Å². The van der Waals surface area contributed by atoms with Crippen molar-refractivity contribution in [2.75, 3.05) is 23.4 Å². The fraction of sp³-hybridized carbons (Fsp3) is 0.357. The molecule has 0 spiro atoms. The first-order valence-electron chi connectivity index (χ1n) is 7.40. The van der Waals surface area contributed by atoms with Crippen molar-refractivity contribution in [3.8, 4) is 0 Å². The number of nitrogens with zero attached hydrogens (tertiary/aromatic N) is 3. The molecule has 10 nitrogen and oxygen atoms in total. The summed E-state index contributed by atoms with van der Waals surface area (Å²) >= 11 is 0. The fourth-order valence-electron chi connectivity index (χ4n) is 2.44. The maximum atomic E-state index is 12.3. The molecule has 0 bridgehead atoms. The molecule has 126 valence electrons. The van der Waals surface area contributed by atoms with E-state index in [9.17, 15) is 14.4 Å². The van der Waals surface area contributed by atoms with E-state index in [-0.39, 0.29) is 43.0 Å². The molecule has 10 heteroatoms. The van der Waals surface area contributed by atoms with Crippen LogP contribution in [0.5, 0.6) is 0 Å². The summed E-state index contributed by atoms with van der Waals surface area (Å²) in [4.78, 5) is 44.0. The minimum atomic E-state index is -0.548. The molecule has 2 amide bonds. The van der Waals surface area contributed by atoms with E-state index in [1.54, 1.807) is 13.1 Å². The molecule has 3 N–H and O–H groups in total. The highest BCUT2D eigenvalue weighted by Gasteiger charge is 2.35. The molecule has 3 rings (SSSR count). The smallest absolute Gasteiger partial charge is 0.356 e. The Labute approximate surface area is 136 Å². The lowest BCUT2D eigenvalue weighted by molar-refractivity contribution is -0.122. The van der Waals surface area contributed by atoms with Crippen molar-refractivity contribution in [3.05, 3.63) is 24.3 Å². The SMILES string of the molecule is CCOC(=O)c1cnc(NC(=O)[C@H]2CC(=O)N(c3cn[nH]c3)C2)[nH]1. The average molecular weight is 332 g/mol. The number of amides is 2. The first kappa shape index (κ1) is 15.7. The Morgan fingerprint density at radius 1 is 1.46 bits per heavy atom. The Balaban J connectivity index is 1.62. The van der Waals surface area contributed by atoms with Crippen molar-refractivity contribution in [2.45, 2.75) is 13.3 Å². The van der Waals surface area contributed by atoms with Crippen LogP contribution < -0.4 is 10.2 Å². The Kier molecular flexibility index (Phi) is 4.27. The molecule has 1 saturated heterocycles. The monoisotopic (exact) mass is 332 g/mol. The van der Waals surface area contributed by atoms with Gasteiger partial charge in [0.2, 0.25) is 17.8 Å². The maximum absolute atomic E-state index is 12.3. The van der Waals surface area contributed by atoms with Crippen LogP contribution in [0.25, 0.3) is 0 Å². The number of hydrogen-bond donors (Lipinski definition) is 3. The summed E-state index contributed by atoms with van der Waals surface area (Å²) < 4.78 is 4.83. The van der Waals surface area contributed by atoms with Crippen molar-refractivity contribution in [1.82, 2.24) is 20.2 Å². The molecule has 1 aliphatic heterocycles. The molecule has 1 fully saturated rings. The van der Waals surface area contributed by atoms with Crippen LogP contribution in [0.2, 0.25) is 0 Å². The maximum Gasteiger partial charge on any atom is 0.356 e. The van der Waals surface area contributed by atoms with Crippen molar-refractivity contribution in [2.24, 2.45) is 5.92 Å². The number of esters is 1. The number of H-pyrrole nitrogens is 2. The van der Waals surface area contributed by atoms with Gasteiger partial charge in [0.25, 0.3) is 0 Å². The Hall–Kier alpha value is -3.17.